The van der Waals surface area contributed by atoms with Crippen LogP contribution in [0.5, 0.6) is 0 Å². The fourth-order valence-electron chi connectivity index (χ4n) is 10.8. The molecule has 0 radical (unpaired) electrons. The van der Waals surface area contributed by atoms with Crippen LogP contribution >= 0.6 is 0 Å². The number of anilines is 3. The van der Waals surface area contributed by atoms with E-state index in [2.05, 4.69) is 268 Å². The highest BCUT2D eigenvalue weighted by Crippen LogP contribution is 2.50. The van der Waals surface area contributed by atoms with E-state index in [-0.39, 0.29) is 40.6 Å². The minimum atomic E-state index is -0.535. The van der Waals surface area contributed by atoms with Crippen molar-refractivity contribution >= 4 is 38.9 Å². The molecule has 73 heavy (non-hydrogen) atoms. The second-order valence-corrected chi connectivity index (χ2v) is 23.6. The summed E-state index contributed by atoms with van der Waals surface area (Å²) < 4.78 is 46.8. The van der Waals surface area contributed by atoms with Crippen LogP contribution < -0.4 is 4.90 Å². The topological polar surface area (TPSA) is 8.17 Å². The molecule has 2 heteroatoms. The van der Waals surface area contributed by atoms with Crippen LogP contribution in [0, 0.1) is 0 Å². The second kappa shape index (κ2) is 18.6. The van der Waals surface area contributed by atoms with Crippen LogP contribution in [0.4, 0.5) is 17.1 Å². The highest BCUT2D eigenvalue weighted by molar-refractivity contribution is 6.12. The molecule has 10 rings (SSSR count). The molecule has 0 aliphatic rings. The molecule has 10 aromatic rings. The summed E-state index contributed by atoms with van der Waals surface area (Å²) in [7, 11) is 0. The van der Waals surface area contributed by atoms with Gasteiger partial charge in [-0.1, -0.05) is 247 Å². The standard InChI is InChI=1S/C71H72N2/c1-67(2,3)51-34-38-57(39-35-51)72(58-40-36-52(37-41-58)68(4,5)6)59-42-44-65-61(48-59)60-45-50(49-25-17-13-18-26-49)33-43-64(60)73(65)66-62(70(9,10)54-29-21-15-22-30-54)46-56(69(7,8)53-27-19-14-20-28-53)47-63(66)71(11,12)55-31-23-16-24-32-55/h13-48H,1-12H3/i13D,17D,18D,25D,26D. The summed E-state index contributed by atoms with van der Waals surface area (Å²) in [6.45, 7) is 27.5. The minimum absolute atomic E-state index is 0.0339. The Morgan fingerprint density at radius 1 is 0.342 bits per heavy atom. The summed E-state index contributed by atoms with van der Waals surface area (Å²) in [6.07, 6.45) is 0. The fourth-order valence-corrected chi connectivity index (χ4v) is 10.8. The zero-order chi connectivity index (χ0) is 55.9. The third-order valence-electron chi connectivity index (χ3n) is 15.7. The van der Waals surface area contributed by atoms with Crippen LogP contribution in [0.15, 0.2) is 218 Å². The Labute approximate surface area is 443 Å². The van der Waals surface area contributed by atoms with Crippen LogP contribution in [0.3, 0.4) is 0 Å². The van der Waals surface area contributed by atoms with Gasteiger partial charge in [0.1, 0.15) is 0 Å². The van der Waals surface area contributed by atoms with Crippen molar-refractivity contribution in [3.05, 3.63) is 263 Å². The van der Waals surface area contributed by atoms with Gasteiger partial charge in [-0.2, -0.15) is 0 Å². The summed E-state index contributed by atoms with van der Waals surface area (Å²) in [5.41, 5.74) is 14.7. The van der Waals surface area contributed by atoms with Gasteiger partial charge in [-0.25, -0.2) is 0 Å². The van der Waals surface area contributed by atoms with Gasteiger partial charge >= 0.3 is 0 Å². The lowest BCUT2D eigenvalue weighted by Crippen LogP contribution is -2.30. The van der Waals surface area contributed by atoms with E-state index < -0.39 is 22.3 Å². The van der Waals surface area contributed by atoms with E-state index in [0.717, 1.165) is 55.7 Å². The van der Waals surface area contributed by atoms with Gasteiger partial charge in [0.2, 0.25) is 0 Å². The summed E-state index contributed by atoms with van der Waals surface area (Å²) in [4.78, 5) is 2.33. The molecule has 2 nitrogen and oxygen atoms in total. The van der Waals surface area contributed by atoms with Gasteiger partial charge in [0, 0.05) is 44.1 Å². The molecule has 0 N–H and O–H groups in total. The van der Waals surface area contributed by atoms with Crippen molar-refractivity contribution in [2.75, 3.05) is 4.90 Å². The van der Waals surface area contributed by atoms with Crippen molar-refractivity contribution in [2.24, 2.45) is 0 Å². The van der Waals surface area contributed by atoms with E-state index >= 15 is 0 Å². The molecule has 0 amide bonds. The molecule has 1 heterocycles. The Morgan fingerprint density at radius 2 is 0.740 bits per heavy atom. The molecule has 0 saturated carbocycles. The first kappa shape index (κ1) is 43.2. The maximum absolute atomic E-state index is 9.18. The van der Waals surface area contributed by atoms with Crippen molar-refractivity contribution in [1.29, 1.82) is 0 Å². The maximum atomic E-state index is 9.18. The van der Waals surface area contributed by atoms with Gasteiger partial charge in [0.25, 0.3) is 0 Å². The van der Waals surface area contributed by atoms with Crippen molar-refractivity contribution in [1.82, 2.24) is 4.57 Å². The van der Waals surface area contributed by atoms with Gasteiger partial charge in [-0.3, -0.25) is 0 Å². The van der Waals surface area contributed by atoms with Crippen molar-refractivity contribution in [3.8, 4) is 16.8 Å². The smallest absolute Gasteiger partial charge is 0.0629 e. The summed E-state index contributed by atoms with van der Waals surface area (Å²) in [6, 6.07) is 66.4. The van der Waals surface area contributed by atoms with Crippen LogP contribution in [0.2, 0.25) is 0 Å². The average molecular weight is 958 g/mol. The molecule has 0 spiro atoms. The lowest BCUT2D eigenvalue weighted by Gasteiger charge is -2.38. The SMILES string of the molecule is [2H]c1c([2H])c([2H])c(-c2ccc3c(c2)c2cc(N(c4ccc(C(C)(C)C)cc4)c4ccc(C(C)(C)C)cc4)ccc2n3-c2c(C(C)(C)c3ccccc3)cc(C(C)(C)c3ccccc3)cc2C(C)(C)c2ccccc2)c([2H])c1[2H]. The predicted molar refractivity (Wildman–Crippen MR) is 314 cm³/mol. The Kier molecular flexibility index (Phi) is 11.0. The first-order valence-corrected chi connectivity index (χ1v) is 25.8. The van der Waals surface area contributed by atoms with Crippen molar-refractivity contribution in [3.63, 3.8) is 0 Å². The third-order valence-corrected chi connectivity index (χ3v) is 15.7. The number of hydrogen-bond donors (Lipinski definition) is 0. The van der Waals surface area contributed by atoms with E-state index in [1.165, 1.54) is 33.4 Å². The summed E-state index contributed by atoms with van der Waals surface area (Å²) in [5.74, 6) is 0. The lowest BCUT2D eigenvalue weighted by atomic mass is 9.68. The molecule has 0 atom stereocenters. The van der Waals surface area contributed by atoms with Crippen molar-refractivity contribution < 1.29 is 6.85 Å². The molecule has 366 valence electrons. The van der Waals surface area contributed by atoms with E-state index in [1.54, 1.807) is 0 Å². The summed E-state index contributed by atoms with van der Waals surface area (Å²) >= 11 is 0. The zero-order valence-corrected chi connectivity index (χ0v) is 44.8. The Hall–Kier alpha value is -7.42. The minimum Gasteiger partial charge on any atom is -0.310 e. The Morgan fingerprint density at radius 3 is 1.18 bits per heavy atom. The second-order valence-electron chi connectivity index (χ2n) is 23.6. The zero-order valence-electron chi connectivity index (χ0n) is 49.8. The molecule has 9 aromatic carbocycles. The van der Waals surface area contributed by atoms with Gasteiger partial charge < -0.3 is 9.47 Å². The molecule has 1 aromatic heterocycles. The lowest BCUT2D eigenvalue weighted by molar-refractivity contribution is 0.590. The highest BCUT2D eigenvalue weighted by Gasteiger charge is 2.38. The van der Waals surface area contributed by atoms with Gasteiger partial charge in [-0.15, -0.1) is 0 Å². The summed E-state index contributed by atoms with van der Waals surface area (Å²) in [5, 5.41) is 1.85. The van der Waals surface area contributed by atoms with E-state index in [1.807, 2.05) is 12.1 Å². The maximum Gasteiger partial charge on any atom is 0.0629 e. The number of benzene rings is 9. The fraction of sp³-hybridized carbons (Fsp3) is 0.239. The molecule has 0 aliphatic carbocycles. The van der Waals surface area contributed by atoms with Gasteiger partial charge in [0.05, 0.1) is 23.6 Å². The Bertz CT molecular complexity index is 3700. The molecule has 0 unspecified atom stereocenters. The van der Waals surface area contributed by atoms with Crippen molar-refractivity contribution in [2.45, 2.75) is 110 Å². The predicted octanol–water partition coefficient (Wildman–Crippen LogP) is 19.5. The Balaban J connectivity index is 1.36. The molecular formula is C71H72N2. The first-order valence-electron chi connectivity index (χ1n) is 28.3. The van der Waals surface area contributed by atoms with E-state index in [9.17, 15) is 2.74 Å². The molecular weight excluding hydrogens is 881 g/mol. The number of nitrogens with zero attached hydrogens (tertiary/aromatic N) is 2. The number of hydrogen-bond acceptors (Lipinski definition) is 1. The van der Waals surface area contributed by atoms with E-state index in [4.69, 9.17) is 4.11 Å². The van der Waals surface area contributed by atoms with Crippen LogP contribution in [-0.2, 0) is 27.1 Å². The van der Waals surface area contributed by atoms with Crippen LogP contribution in [0.1, 0.15) is 134 Å². The third kappa shape index (κ3) is 9.11. The highest BCUT2D eigenvalue weighted by atomic mass is 15.1. The number of aromatic nitrogens is 1. The average Bonchev–Trinajstić information content (AvgIpc) is 3.89. The van der Waals surface area contributed by atoms with Crippen LogP contribution in [0.25, 0.3) is 38.6 Å². The van der Waals surface area contributed by atoms with Gasteiger partial charge in [-0.05, 0) is 121 Å². The molecule has 0 bridgehead atoms. The van der Waals surface area contributed by atoms with E-state index in [0.29, 0.717) is 5.56 Å². The normalized spacial score (nSPS) is 13.6. The monoisotopic (exact) mass is 958 g/mol. The quantitative estimate of drug-likeness (QED) is 0.125. The van der Waals surface area contributed by atoms with Gasteiger partial charge in [0.15, 0.2) is 0 Å². The number of fused-ring (bicyclic) bond motifs is 3. The number of rotatable bonds is 11. The molecule has 0 saturated heterocycles. The molecule has 0 aliphatic heterocycles. The largest absolute Gasteiger partial charge is 0.310 e. The first-order chi connectivity index (χ1) is 36.8. The van der Waals surface area contributed by atoms with Crippen LogP contribution in [-0.4, -0.2) is 4.57 Å². The molecule has 0 fully saturated rings.